The number of hydrogen-bond acceptors (Lipinski definition) is 4. The number of nitrogens with two attached hydrogens (primary N) is 1. The number of aromatic nitrogens is 2. The normalized spacial score (nSPS) is 17.1. The van der Waals surface area contributed by atoms with Crippen molar-refractivity contribution >= 4 is 11.6 Å². The molecule has 1 saturated heterocycles. The summed E-state index contributed by atoms with van der Waals surface area (Å²) in [7, 11) is 0. The van der Waals surface area contributed by atoms with E-state index in [-0.39, 0.29) is 5.91 Å². The second-order valence-corrected chi connectivity index (χ2v) is 5.62. The van der Waals surface area contributed by atoms with Crippen LogP contribution in [-0.4, -0.2) is 34.4 Å². The van der Waals surface area contributed by atoms with Crippen LogP contribution in [0.25, 0.3) is 0 Å². The third kappa shape index (κ3) is 3.35. The van der Waals surface area contributed by atoms with Gasteiger partial charge in [-0.3, -0.25) is 9.48 Å². The van der Waals surface area contributed by atoms with Gasteiger partial charge in [0.1, 0.15) is 5.54 Å². The maximum Gasteiger partial charge on any atom is 0.244 e. The van der Waals surface area contributed by atoms with E-state index in [0.29, 0.717) is 32.6 Å². The average Bonchev–Trinajstić information content (AvgIpc) is 3.03. The minimum absolute atomic E-state index is 0.143. The zero-order chi connectivity index (χ0) is 15.4. The molecule has 0 radical (unpaired) electrons. The van der Waals surface area contributed by atoms with Crippen molar-refractivity contribution < 1.29 is 9.53 Å². The van der Waals surface area contributed by atoms with Gasteiger partial charge in [0.25, 0.3) is 0 Å². The van der Waals surface area contributed by atoms with Crippen molar-refractivity contribution in [2.24, 2.45) is 5.73 Å². The topological polar surface area (TPSA) is 82.2 Å². The number of hydrogen-bond donors (Lipinski definition) is 2. The van der Waals surface area contributed by atoms with Gasteiger partial charge < -0.3 is 15.8 Å². The van der Waals surface area contributed by atoms with Crippen LogP contribution in [0.1, 0.15) is 18.4 Å². The summed E-state index contributed by atoms with van der Waals surface area (Å²) in [5.41, 5.74) is 7.22. The summed E-state index contributed by atoms with van der Waals surface area (Å²) in [6.45, 7) is 1.78. The smallest absolute Gasteiger partial charge is 0.244 e. The standard InChI is InChI=1S/C16H20N4O2/c17-16(6-10-22-11-7-16)15(21)19-14-4-2-13(3-5-14)12-20-9-1-8-18-20/h1-5,8-9H,6-7,10-12,17H2,(H,19,21). The maximum atomic E-state index is 12.3. The van der Waals surface area contributed by atoms with E-state index < -0.39 is 5.54 Å². The summed E-state index contributed by atoms with van der Waals surface area (Å²) >= 11 is 0. The van der Waals surface area contributed by atoms with Crippen molar-refractivity contribution in [2.45, 2.75) is 24.9 Å². The molecule has 2 heterocycles. The van der Waals surface area contributed by atoms with Gasteiger partial charge in [-0.2, -0.15) is 5.10 Å². The van der Waals surface area contributed by atoms with Crippen LogP contribution >= 0.6 is 0 Å². The fraction of sp³-hybridized carbons (Fsp3) is 0.375. The number of rotatable bonds is 4. The van der Waals surface area contributed by atoms with E-state index in [1.54, 1.807) is 6.20 Å². The highest BCUT2D eigenvalue weighted by Crippen LogP contribution is 2.20. The first kappa shape index (κ1) is 14.7. The zero-order valence-electron chi connectivity index (χ0n) is 12.4. The van der Waals surface area contributed by atoms with E-state index in [9.17, 15) is 4.79 Å². The Morgan fingerprint density at radius 1 is 1.32 bits per heavy atom. The Hall–Kier alpha value is -2.18. The van der Waals surface area contributed by atoms with Gasteiger partial charge >= 0.3 is 0 Å². The van der Waals surface area contributed by atoms with Gasteiger partial charge in [0, 0.05) is 31.3 Å². The minimum atomic E-state index is -0.827. The van der Waals surface area contributed by atoms with E-state index in [0.717, 1.165) is 11.3 Å². The summed E-state index contributed by atoms with van der Waals surface area (Å²) in [5, 5.41) is 7.07. The Bertz CT molecular complexity index is 616. The van der Waals surface area contributed by atoms with Crippen molar-refractivity contribution in [3.63, 3.8) is 0 Å². The molecule has 1 aromatic heterocycles. The molecule has 0 bridgehead atoms. The fourth-order valence-electron chi connectivity index (χ4n) is 2.49. The summed E-state index contributed by atoms with van der Waals surface area (Å²) in [4.78, 5) is 12.3. The molecule has 6 heteroatoms. The number of carbonyl (C=O) groups is 1. The van der Waals surface area contributed by atoms with E-state index in [4.69, 9.17) is 10.5 Å². The Kier molecular flexibility index (Phi) is 4.22. The van der Waals surface area contributed by atoms with E-state index in [1.807, 2.05) is 41.2 Å². The summed E-state index contributed by atoms with van der Waals surface area (Å²) in [6.07, 6.45) is 4.77. The lowest BCUT2D eigenvalue weighted by atomic mass is 9.90. The average molecular weight is 300 g/mol. The maximum absolute atomic E-state index is 12.3. The summed E-state index contributed by atoms with van der Waals surface area (Å²) in [5.74, 6) is -0.143. The van der Waals surface area contributed by atoms with E-state index >= 15 is 0 Å². The number of nitrogens with one attached hydrogen (secondary N) is 1. The van der Waals surface area contributed by atoms with Crippen LogP contribution in [0.3, 0.4) is 0 Å². The van der Waals surface area contributed by atoms with Crippen LogP contribution in [0.4, 0.5) is 5.69 Å². The number of nitrogens with zero attached hydrogens (tertiary/aromatic N) is 2. The zero-order valence-corrected chi connectivity index (χ0v) is 12.4. The molecule has 0 aliphatic carbocycles. The number of anilines is 1. The highest BCUT2D eigenvalue weighted by Gasteiger charge is 2.35. The monoisotopic (exact) mass is 300 g/mol. The van der Waals surface area contributed by atoms with Crippen LogP contribution in [0.2, 0.25) is 0 Å². The summed E-state index contributed by atoms with van der Waals surface area (Å²) in [6, 6.07) is 9.62. The molecule has 0 saturated carbocycles. The number of carbonyl (C=O) groups excluding carboxylic acids is 1. The van der Waals surface area contributed by atoms with Crippen molar-refractivity contribution in [1.29, 1.82) is 0 Å². The molecular weight excluding hydrogens is 280 g/mol. The van der Waals surface area contributed by atoms with E-state index in [1.165, 1.54) is 0 Å². The second kappa shape index (κ2) is 6.29. The van der Waals surface area contributed by atoms with Crippen LogP contribution in [-0.2, 0) is 16.1 Å². The van der Waals surface area contributed by atoms with Crippen LogP contribution < -0.4 is 11.1 Å². The van der Waals surface area contributed by atoms with Crippen molar-refractivity contribution in [3.05, 3.63) is 48.3 Å². The Balaban J connectivity index is 1.62. The lowest BCUT2D eigenvalue weighted by Crippen LogP contribution is -2.54. The number of benzene rings is 1. The van der Waals surface area contributed by atoms with Gasteiger partial charge in [-0.15, -0.1) is 0 Å². The second-order valence-electron chi connectivity index (χ2n) is 5.62. The van der Waals surface area contributed by atoms with Gasteiger partial charge in [-0.05, 0) is 36.6 Å². The number of ether oxygens (including phenoxy) is 1. The van der Waals surface area contributed by atoms with Crippen molar-refractivity contribution in [2.75, 3.05) is 18.5 Å². The van der Waals surface area contributed by atoms with Crippen molar-refractivity contribution in [1.82, 2.24) is 9.78 Å². The first-order chi connectivity index (χ1) is 10.7. The molecule has 6 nitrogen and oxygen atoms in total. The first-order valence-corrected chi connectivity index (χ1v) is 7.40. The molecule has 1 aliphatic heterocycles. The quantitative estimate of drug-likeness (QED) is 0.893. The number of amides is 1. The molecule has 116 valence electrons. The molecule has 1 aromatic carbocycles. The Morgan fingerprint density at radius 2 is 2.05 bits per heavy atom. The highest BCUT2D eigenvalue weighted by atomic mass is 16.5. The minimum Gasteiger partial charge on any atom is -0.381 e. The van der Waals surface area contributed by atoms with Gasteiger partial charge in [0.2, 0.25) is 5.91 Å². The van der Waals surface area contributed by atoms with Gasteiger partial charge in [0.15, 0.2) is 0 Å². The van der Waals surface area contributed by atoms with Gasteiger partial charge in [0.05, 0.1) is 6.54 Å². The van der Waals surface area contributed by atoms with Crippen molar-refractivity contribution in [3.8, 4) is 0 Å². The molecular formula is C16H20N4O2. The highest BCUT2D eigenvalue weighted by molar-refractivity contribution is 5.98. The predicted molar refractivity (Wildman–Crippen MR) is 83.4 cm³/mol. The third-order valence-corrected chi connectivity index (χ3v) is 3.95. The molecule has 22 heavy (non-hydrogen) atoms. The lowest BCUT2D eigenvalue weighted by molar-refractivity contribution is -0.124. The Labute approximate surface area is 129 Å². The first-order valence-electron chi connectivity index (χ1n) is 7.40. The predicted octanol–water partition coefficient (Wildman–Crippen LogP) is 1.38. The summed E-state index contributed by atoms with van der Waals surface area (Å²) < 4.78 is 7.11. The molecule has 1 aliphatic rings. The largest absolute Gasteiger partial charge is 0.381 e. The molecule has 0 unspecified atom stereocenters. The van der Waals surface area contributed by atoms with Gasteiger partial charge in [-0.1, -0.05) is 12.1 Å². The van der Waals surface area contributed by atoms with Crippen LogP contribution in [0.15, 0.2) is 42.7 Å². The van der Waals surface area contributed by atoms with E-state index in [2.05, 4.69) is 10.4 Å². The molecule has 3 rings (SSSR count). The van der Waals surface area contributed by atoms with Gasteiger partial charge in [-0.25, -0.2) is 0 Å². The van der Waals surface area contributed by atoms with Crippen LogP contribution in [0, 0.1) is 0 Å². The SMILES string of the molecule is NC1(C(=O)Nc2ccc(Cn3cccn3)cc2)CCOCC1. The van der Waals surface area contributed by atoms with Crippen LogP contribution in [0.5, 0.6) is 0 Å². The fourth-order valence-corrected chi connectivity index (χ4v) is 2.49. The molecule has 3 N–H and O–H groups in total. The molecule has 0 spiro atoms. The molecule has 2 aromatic rings. The molecule has 0 atom stereocenters. The lowest BCUT2D eigenvalue weighted by Gasteiger charge is -2.31. The third-order valence-electron chi connectivity index (χ3n) is 3.95. The molecule has 1 amide bonds. The Morgan fingerprint density at radius 3 is 2.68 bits per heavy atom. The molecule has 1 fully saturated rings.